The fraction of sp³-hybridized carbons (Fsp3) is 0.300. The maximum atomic E-state index is 15.0. The third kappa shape index (κ3) is 5.56. The molecule has 4 rings (SSSR count). The van der Waals surface area contributed by atoms with Crippen LogP contribution in [0.25, 0.3) is 33.2 Å². The molecule has 0 spiro atoms. The van der Waals surface area contributed by atoms with E-state index in [-0.39, 0.29) is 11.1 Å². The maximum absolute atomic E-state index is 15.0. The number of halogens is 1. The molecule has 34 heavy (non-hydrogen) atoms. The van der Waals surface area contributed by atoms with Crippen LogP contribution in [0.3, 0.4) is 0 Å². The van der Waals surface area contributed by atoms with Crippen LogP contribution < -0.4 is 10.4 Å². The van der Waals surface area contributed by atoms with E-state index in [2.05, 4.69) is 38.1 Å². The number of unbranched alkanes of at least 4 members (excludes halogenated alkanes) is 5. The van der Waals surface area contributed by atoms with Gasteiger partial charge >= 0.3 is 5.63 Å². The summed E-state index contributed by atoms with van der Waals surface area (Å²) in [4.78, 5) is 12.7. The van der Waals surface area contributed by atoms with E-state index < -0.39 is 11.4 Å². The van der Waals surface area contributed by atoms with Gasteiger partial charge in [-0.3, -0.25) is 0 Å². The van der Waals surface area contributed by atoms with Gasteiger partial charge in [0.25, 0.3) is 0 Å². The van der Waals surface area contributed by atoms with E-state index in [1.165, 1.54) is 24.8 Å². The molecule has 0 unspecified atom stereocenters. The van der Waals surface area contributed by atoms with Crippen molar-refractivity contribution in [2.75, 3.05) is 6.61 Å². The number of ether oxygens (including phenoxy) is 1. The van der Waals surface area contributed by atoms with Gasteiger partial charge in [0, 0.05) is 5.56 Å². The van der Waals surface area contributed by atoms with E-state index in [9.17, 15) is 4.79 Å². The molecule has 0 saturated heterocycles. The molecular formula is C30H31FO3. The molecule has 0 saturated carbocycles. The SMILES string of the molecule is CCCCCCCCOc1ccc2cc(-c3ccc(-c4ccc(C)cc4)cc3)oc(=O)c2c1F. The lowest BCUT2D eigenvalue weighted by Gasteiger charge is -2.10. The van der Waals surface area contributed by atoms with Crippen molar-refractivity contribution in [2.24, 2.45) is 0 Å². The van der Waals surface area contributed by atoms with Gasteiger partial charge in [0.1, 0.15) is 11.1 Å². The second kappa shape index (κ2) is 11.1. The van der Waals surface area contributed by atoms with Crippen LogP contribution in [0.5, 0.6) is 5.75 Å². The van der Waals surface area contributed by atoms with Gasteiger partial charge in [0.2, 0.25) is 0 Å². The quantitative estimate of drug-likeness (QED) is 0.224. The Hall–Kier alpha value is -3.40. The fourth-order valence-electron chi connectivity index (χ4n) is 4.11. The Balaban J connectivity index is 1.49. The van der Waals surface area contributed by atoms with Gasteiger partial charge in [0.15, 0.2) is 11.6 Å². The zero-order valence-electron chi connectivity index (χ0n) is 19.9. The van der Waals surface area contributed by atoms with Crippen LogP contribution in [0.15, 0.2) is 75.9 Å². The summed E-state index contributed by atoms with van der Waals surface area (Å²) in [5.41, 5.74) is 3.47. The average Bonchev–Trinajstić information content (AvgIpc) is 2.85. The molecule has 4 heteroatoms. The van der Waals surface area contributed by atoms with Crippen molar-refractivity contribution < 1.29 is 13.5 Å². The van der Waals surface area contributed by atoms with Crippen LogP contribution in [0.4, 0.5) is 4.39 Å². The van der Waals surface area contributed by atoms with Crippen molar-refractivity contribution in [1.82, 2.24) is 0 Å². The van der Waals surface area contributed by atoms with Gasteiger partial charge in [-0.15, -0.1) is 0 Å². The lowest BCUT2D eigenvalue weighted by molar-refractivity contribution is 0.291. The number of rotatable bonds is 10. The van der Waals surface area contributed by atoms with Crippen molar-refractivity contribution in [3.8, 4) is 28.2 Å². The van der Waals surface area contributed by atoms with E-state index >= 15 is 4.39 Å². The molecule has 0 radical (unpaired) electrons. The van der Waals surface area contributed by atoms with E-state index in [4.69, 9.17) is 9.15 Å². The summed E-state index contributed by atoms with van der Waals surface area (Å²) in [6, 6.07) is 21.1. The minimum atomic E-state index is -0.697. The number of aryl methyl sites for hydroxylation is 1. The first-order valence-electron chi connectivity index (χ1n) is 12.1. The highest BCUT2D eigenvalue weighted by Crippen LogP contribution is 2.29. The molecule has 176 valence electrons. The lowest BCUT2D eigenvalue weighted by Crippen LogP contribution is -2.06. The standard InChI is InChI=1S/C30H31FO3/c1-3-4-5-6-7-8-19-33-26-18-17-25-20-27(34-30(32)28(25)29(26)31)24-15-13-23(14-16-24)22-11-9-21(2)10-12-22/h9-18,20H,3-8,19H2,1-2H3. The molecule has 0 atom stereocenters. The van der Waals surface area contributed by atoms with Crippen molar-refractivity contribution in [2.45, 2.75) is 52.4 Å². The molecule has 0 amide bonds. The summed E-state index contributed by atoms with van der Waals surface area (Å²) in [5.74, 6) is -0.143. The predicted molar refractivity (Wildman–Crippen MR) is 137 cm³/mol. The van der Waals surface area contributed by atoms with Crippen molar-refractivity contribution >= 4 is 10.8 Å². The second-order valence-corrected chi connectivity index (χ2v) is 8.80. The summed E-state index contributed by atoms with van der Waals surface area (Å²) in [7, 11) is 0. The first-order chi connectivity index (χ1) is 16.6. The Morgan fingerprint density at radius 3 is 2.12 bits per heavy atom. The van der Waals surface area contributed by atoms with E-state index in [1.807, 2.05) is 24.3 Å². The highest BCUT2D eigenvalue weighted by Gasteiger charge is 2.15. The second-order valence-electron chi connectivity index (χ2n) is 8.80. The Labute approximate surface area is 200 Å². The minimum Gasteiger partial charge on any atom is -0.490 e. The Morgan fingerprint density at radius 2 is 1.41 bits per heavy atom. The van der Waals surface area contributed by atoms with Gasteiger partial charge < -0.3 is 9.15 Å². The zero-order valence-corrected chi connectivity index (χ0v) is 19.9. The van der Waals surface area contributed by atoms with Crippen LogP contribution in [-0.2, 0) is 0 Å². The van der Waals surface area contributed by atoms with Crippen molar-refractivity contribution in [3.63, 3.8) is 0 Å². The topological polar surface area (TPSA) is 39.4 Å². The molecule has 0 bridgehead atoms. The third-order valence-electron chi connectivity index (χ3n) is 6.14. The average molecular weight is 459 g/mol. The van der Waals surface area contributed by atoms with Crippen LogP contribution >= 0.6 is 0 Å². The summed E-state index contributed by atoms with van der Waals surface area (Å²) in [6.45, 7) is 4.68. The highest BCUT2D eigenvalue weighted by molar-refractivity contribution is 5.86. The van der Waals surface area contributed by atoms with Gasteiger partial charge in [0.05, 0.1) is 6.61 Å². The molecule has 3 nitrogen and oxygen atoms in total. The molecule has 0 aliphatic rings. The molecule has 0 aliphatic carbocycles. The number of hydrogen-bond acceptors (Lipinski definition) is 3. The fourth-order valence-corrected chi connectivity index (χ4v) is 4.11. The Kier molecular flexibility index (Phi) is 7.79. The molecule has 0 fully saturated rings. The summed E-state index contributed by atoms with van der Waals surface area (Å²) in [5, 5.41) is 0.429. The highest BCUT2D eigenvalue weighted by atomic mass is 19.1. The van der Waals surface area contributed by atoms with E-state index in [0.29, 0.717) is 17.8 Å². The van der Waals surface area contributed by atoms with E-state index in [1.54, 1.807) is 18.2 Å². The molecule has 1 heterocycles. The largest absolute Gasteiger partial charge is 0.490 e. The molecule has 3 aromatic carbocycles. The van der Waals surface area contributed by atoms with Gasteiger partial charge in [-0.1, -0.05) is 99.2 Å². The molecule has 1 aromatic heterocycles. The van der Waals surface area contributed by atoms with Gasteiger partial charge in [-0.2, -0.15) is 0 Å². The normalized spacial score (nSPS) is 11.1. The zero-order chi connectivity index (χ0) is 23.9. The van der Waals surface area contributed by atoms with Crippen molar-refractivity contribution in [3.05, 3.63) is 88.5 Å². The Bertz CT molecular complexity index is 1290. The van der Waals surface area contributed by atoms with E-state index in [0.717, 1.165) is 36.0 Å². The smallest absolute Gasteiger partial charge is 0.347 e. The maximum Gasteiger partial charge on any atom is 0.347 e. The summed E-state index contributed by atoms with van der Waals surface area (Å²) < 4.78 is 26.2. The van der Waals surface area contributed by atoms with Crippen molar-refractivity contribution in [1.29, 1.82) is 0 Å². The number of benzene rings is 3. The molecule has 4 aromatic rings. The van der Waals surface area contributed by atoms with Gasteiger partial charge in [-0.05, 0) is 42.0 Å². The van der Waals surface area contributed by atoms with Crippen LogP contribution in [-0.4, -0.2) is 6.61 Å². The summed E-state index contributed by atoms with van der Waals surface area (Å²) >= 11 is 0. The lowest BCUT2D eigenvalue weighted by atomic mass is 10.0. The molecule has 0 aliphatic heterocycles. The predicted octanol–water partition coefficient (Wildman–Crippen LogP) is 8.31. The first-order valence-corrected chi connectivity index (χ1v) is 12.1. The van der Waals surface area contributed by atoms with Crippen LogP contribution in [0, 0.1) is 12.7 Å². The first kappa shape index (κ1) is 23.7. The van der Waals surface area contributed by atoms with Crippen LogP contribution in [0.2, 0.25) is 0 Å². The molecule has 0 N–H and O–H groups in total. The number of hydrogen-bond donors (Lipinski definition) is 0. The minimum absolute atomic E-state index is 0.0690. The monoisotopic (exact) mass is 458 g/mol. The molecular weight excluding hydrogens is 427 g/mol. The third-order valence-corrected chi connectivity index (χ3v) is 6.14. The number of fused-ring (bicyclic) bond motifs is 1. The van der Waals surface area contributed by atoms with Gasteiger partial charge in [-0.25, -0.2) is 9.18 Å². The van der Waals surface area contributed by atoms with Crippen LogP contribution in [0.1, 0.15) is 51.0 Å². The Morgan fingerprint density at radius 1 is 0.794 bits per heavy atom. The summed E-state index contributed by atoms with van der Waals surface area (Å²) in [6.07, 6.45) is 6.77.